The summed E-state index contributed by atoms with van der Waals surface area (Å²) in [5.41, 5.74) is 1.71. The second-order valence-corrected chi connectivity index (χ2v) is 6.78. The summed E-state index contributed by atoms with van der Waals surface area (Å²) in [5, 5.41) is 3.26. The van der Waals surface area contributed by atoms with E-state index < -0.39 is 5.92 Å². The zero-order valence-corrected chi connectivity index (χ0v) is 15.7. The van der Waals surface area contributed by atoms with Crippen LogP contribution in [0, 0.1) is 5.92 Å². The Balaban J connectivity index is 1.72. The van der Waals surface area contributed by atoms with Crippen molar-refractivity contribution in [2.75, 3.05) is 23.9 Å². The molecule has 0 saturated carbocycles. The van der Waals surface area contributed by atoms with Gasteiger partial charge in [-0.05, 0) is 49.4 Å². The molecule has 1 aliphatic heterocycles. The number of ketones is 1. The molecule has 1 heterocycles. The molecule has 1 saturated heterocycles. The molecule has 0 bridgehead atoms. The molecule has 2 aromatic rings. The van der Waals surface area contributed by atoms with Crippen LogP contribution < -0.4 is 15.0 Å². The van der Waals surface area contributed by atoms with Crippen LogP contribution in [0.3, 0.4) is 0 Å². The van der Waals surface area contributed by atoms with Gasteiger partial charge in [-0.3, -0.25) is 14.4 Å². The van der Waals surface area contributed by atoms with Crippen molar-refractivity contribution >= 4 is 40.6 Å². The molecule has 140 valence electrons. The molecule has 27 heavy (non-hydrogen) atoms. The lowest BCUT2D eigenvalue weighted by atomic mass is 10.1. The number of carbonyl (C=O) groups is 3. The van der Waals surface area contributed by atoms with E-state index in [1.807, 2.05) is 0 Å². The van der Waals surface area contributed by atoms with Crippen LogP contribution >= 0.6 is 11.6 Å². The van der Waals surface area contributed by atoms with E-state index in [0.717, 1.165) is 0 Å². The fourth-order valence-corrected chi connectivity index (χ4v) is 3.19. The molecule has 2 aromatic carbocycles. The van der Waals surface area contributed by atoms with Crippen molar-refractivity contribution in [1.29, 1.82) is 0 Å². The summed E-state index contributed by atoms with van der Waals surface area (Å²) in [6.45, 7) is 1.76. The molecular formula is C20H19ClN2O4. The Labute approximate surface area is 162 Å². The number of anilines is 2. The molecule has 0 aliphatic carbocycles. The number of ether oxygens (including phenoxy) is 1. The smallest absolute Gasteiger partial charge is 0.229 e. The fraction of sp³-hybridized carbons (Fsp3) is 0.250. The Morgan fingerprint density at radius 2 is 1.89 bits per heavy atom. The maximum atomic E-state index is 12.6. The summed E-state index contributed by atoms with van der Waals surface area (Å²) in [5.74, 6) is -0.444. The Morgan fingerprint density at radius 3 is 2.52 bits per heavy atom. The average molecular weight is 387 g/mol. The normalized spacial score (nSPS) is 16.3. The quantitative estimate of drug-likeness (QED) is 0.797. The van der Waals surface area contributed by atoms with Gasteiger partial charge in [0.1, 0.15) is 5.75 Å². The number of nitrogens with one attached hydrogen (secondary N) is 1. The summed E-state index contributed by atoms with van der Waals surface area (Å²) >= 11 is 5.99. The van der Waals surface area contributed by atoms with Crippen LogP contribution in [0.15, 0.2) is 42.5 Å². The summed E-state index contributed by atoms with van der Waals surface area (Å²) in [6.07, 6.45) is 0.114. The number of benzene rings is 2. The van der Waals surface area contributed by atoms with Crippen LogP contribution in [0.4, 0.5) is 11.4 Å². The molecule has 0 radical (unpaired) electrons. The maximum absolute atomic E-state index is 12.6. The van der Waals surface area contributed by atoms with Crippen molar-refractivity contribution in [1.82, 2.24) is 0 Å². The van der Waals surface area contributed by atoms with Crippen LogP contribution in [-0.4, -0.2) is 31.3 Å². The molecule has 7 heteroatoms. The number of amides is 2. The van der Waals surface area contributed by atoms with Crippen LogP contribution in [0.25, 0.3) is 0 Å². The Hall–Kier alpha value is -2.86. The van der Waals surface area contributed by atoms with Gasteiger partial charge in [0.2, 0.25) is 11.8 Å². The van der Waals surface area contributed by atoms with Gasteiger partial charge < -0.3 is 15.0 Å². The number of methoxy groups -OCH3 is 1. The highest BCUT2D eigenvalue weighted by molar-refractivity contribution is 6.31. The zero-order chi connectivity index (χ0) is 19.6. The molecule has 1 aliphatic rings. The molecule has 0 aromatic heterocycles. The third-order valence-electron chi connectivity index (χ3n) is 4.50. The van der Waals surface area contributed by atoms with E-state index in [1.54, 1.807) is 47.4 Å². The number of nitrogens with zero attached hydrogens (tertiary/aromatic N) is 1. The molecule has 1 unspecified atom stereocenters. The Kier molecular flexibility index (Phi) is 5.46. The molecule has 3 rings (SSSR count). The number of hydrogen-bond acceptors (Lipinski definition) is 4. The van der Waals surface area contributed by atoms with Gasteiger partial charge in [-0.2, -0.15) is 0 Å². The summed E-state index contributed by atoms with van der Waals surface area (Å²) in [7, 11) is 1.50. The maximum Gasteiger partial charge on any atom is 0.229 e. The first-order chi connectivity index (χ1) is 12.9. The standard InChI is InChI=1S/C20H19ClN2O4/c1-12(24)13-3-6-16(7-4-13)23-11-14(9-19(23)25)20(26)22-17-10-15(21)5-8-18(17)27-2/h3-8,10,14H,9,11H2,1-2H3,(H,22,26). The Morgan fingerprint density at radius 1 is 1.19 bits per heavy atom. The van der Waals surface area contributed by atoms with Gasteiger partial charge in [-0.25, -0.2) is 0 Å². The van der Waals surface area contributed by atoms with E-state index >= 15 is 0 Å². The van der Waals surface area contributed by atoms with Crippen LogP contribution in [0.2, 0.25) is 5.02 Å². The second-order valence-electron chi connectivity index (χ2n) is 6.34. The highest BCUT2D eigenvalue weighted by atomic mass is 35.5. The Bertz CT molecular complexity index is 895. The highest BCUT2D eigenvalue weighted by Gasteiger charge is 2.35. The minimum absolute atomic E-state index is 0.0398. The average Bonchev–Trinajstić information content (AvgIpc) is 3.04. The van der Waals surface area contributed by atoms with Crippen molar-refractivity contribution in [3.63, 3.8) is 0 Å². The third kappa shape index (κ3) is 4.11. The highest BCUT2D eigenvalue weighted by Crippen LogP contribution is 2.30. The van der Waals surface area contributed by atoms with Gasteiger partial charge in [-0.15, -0.1) is 0 Å². The van der Waals surface area contributed by atoms with Gasteiger partial charge in [0.05, 0.1) is 18.7 Å². The number of halogens is 1. The zero-order valence-electron chi connectivity index (χ0n) is 15.0. The number of Topliss-reactive ketones (excluding diaryl/α,β-unsaturated/α-hetero) is 1. The molecule has 1 N–H and O–H groups in total. The molecule has 1 fully saturated rings. The number of hydrogen-bond donors (Lipinski definition) is 1. The van der Waals surface area contributed by atoms with E-state index in [2.05, 4.69) is 5.32 Å². The predicted molar refractivity (Wildman–Crippen MR) is 104 cm³/mol. The lowest BCUT2D eigenvalue weighted by Crippen LogP contribution is -2.28. The van der Waals surface area contributed by atoms with E-state index in [4.69, 9.17) is 16.3 Å². The van der Waals surface area contributed by atoms with E-state index in [-0.39, 0.29) is 30.6 Å². The van der Waals surface area contributed by atoms with Crippen LogP contribution in [0.1, 0.15) is 23.7 Å². The first kappa shape index (κ1) is 18.9. The molecule has 6 nitrogen and oxygen atoms in total. The molecule has 2 amide bonds. The number of rotatable bonds is 5. The van der Waals surface area contributed by atoms with Crippen molar-refractivity contribution in [2.45, 2.75) is 13.3 Å². The van der Waals surface area contributed by atoms with Gasteiger partial charge in [0, 0.05) is 29.2 Å². The predicted octanol–water partition coefficient (Wildman–Crippen LogP) is 3.54. The van der Waals surface area contributed by atoms with Crippen LogP contribution in [-0.2, 0) is 9.59 Å². The van der Waals surface area contributed by atoms with Gasteiger partial charge in [0.15, 0.2) is 5.78 Å². The minimum atomic E-state index is -0.492. The van der Waals surface area contributed by atoms with Gasteiger partial charge >= 0.3 is 0 Å². The summed E-state index contributed by atoms with van der Waals surface area (Å²) in [4.78, 5) is 37.9. The summed E-state index contributed by atoms with van der Waals surface area (Å²) < 4.78 is 5.23. The van der Waals surface area contributed by atoms with Crippen molar-refractivity contribution in [2.24, 2.45) is 5.92 Å². The second kappa shape index (κ2) is 7.80. The van der Waals surface area contributed by atoms with Crippen molar-refractivity contribution < 1.29 is 19.1 Å². The number of carbonyl (C=O) groups excluding carboxylic acids is 3. The topological polar surface area (TPSA) is 75.7 Å². The SMILES string of the molecule is COc1ccc(Cl)cc1NC(=O)C1CC(=O)N(c2ccc(C(C)=O)cc2)C1. The van der Waals surface area contributed by atoms with Crippen molar-refractivity contribution in [3.8, 4) is 5.75 Å². The fourth-order valence-electron chi connectivity index (χ4n) is 3.02. The largest absolute Gasteiger partial charge is 0.495 e. The van der Waals surface area contributed by atoms with Gasteiger partial charge in [0.25, 0.3) is 0 Å². The molecule has 0 spiro atoms. The van der Waals surface area contributed by atoms with Crippen molar-refractivity contribution in [3.05, 3.63) is 53.1 Å². The lowest BCUT2D eigenvalue weighted by Gasteiger charge is -2.17. The van der Waals surface area contributed by atoms with E-state index in [0.29, 0.717) is 27.7 Å². The third-order valence-corrected chi connectivity index (χ3v) is 4.74. The van der Waals surface area contributed by atoms with E-state index in [1.165, 1.54) is 14.0 Å². The van der Waals surface area contributed by atoms with E-state index in [9.17, 15) is 14.4 Å². The first-order valence-electron chi connectivity index (χ1n) is 8.45. The van der Waals surface area contributed by atoms with Crippen LogP contribution in [0.5, 0.6) is 5.75 Å². The summed E-state index contributed by atoms with van der Waals surface area (Å²) in [6, 6.07) is 11.7. The minimum Gasteiger partial charge on any atom is -0.495 e. The van der Waals surface area contributed by atoms with Gasteiger partial charge in [-0.1, -0.05) is 11.6 Å². The lowest BCUT2D eigenvalue weighted by molar-refractivity contribution is -0.122. The molecule has 1 atom stereocenters. The molecular weight excluding hydrogens is 368 g/mol. The monoisotopic (exact) mass is 386 g/mol. The first-order valence-corrected chi connectivity index (χ1v) is 8.82.